The van der Waals surface area contributed by atoms with E-state index in [9.17, 15) is 10.2 Å². The van der Waals surface area contributed by atoms with Crippen LogP contribution in [0.4, 0.5) is 0 Å². The summed E-state index contributed by atoms with van der Waals surface area (Å²) < 4.78 is 0. The van der Waals surface area contributed by atoms with Crippen LogP contribution in [-0.4, -0.2) is 16.3 Å². The van der Waals surface area contributed by atoms with Crippen molar-refractivity contribution < 1.29 is 10.2 Å². The summed E-state index contributed by atoms with van der Waals surface area (Å²) in [6.45, 7) is 3.66. The number of aryl methyl sites for hydroxylation is 1. The van der Waals surface area contributed by atoms with Gasteiger partial charge in [0.25, 0.3) is 0 Å². The maximum atomic E-state index is 9.38. The van der Waals surface area contributed by atoms with E-state index in [0.29, 0.717) is 0 Å². The Labute approximate surface area is 84.2 Å². The molecule has 0 saturated carbocycles. The van der Waals surface area contributed by atoms with Crippen molar-refractivity contribution in [3.8, 4) is 5.75 Å². The highest BCUT2D eigenvalue weighted by molar-refractivity contribution is 5.37. The molecular formula is C11H17NO2. The van der Waals surface area contributed by atoms with E-state index in [1.165, 1.54) is 0 Å². The molecule has 0 fully saturated rings. The van der Waals surface area contributed by atoms with Crippen molar-refractivity contribution >= 4 is 0 Å². The van der Waals surface area contributed by atoms with Crippen LogP contribution in [0.3, 0.4) is 0 Å². The van der Waals surface area contributed by atoms with E-state index in [2.05, 4.69) is 0 Å². The van der Waals surface area contributed by atoms with Crippen molar-refractivity contribution in [3.63, 3.8) is 0 Å². The van der Waals surface area contributed by atoms with Crippen LogP contribution in [0, 0.1) is 0 Å². The highest BCUT2D eigenvalue weighted by Crippen LogP contribution is 2.23. The zero-order valence-corrected chi connectivity index (χ0v) is 8.57. The van der Waals surface area contributed by atoms with Gasteiger partial charge in [0.15, 0.2) is 0 Å². The number of aliphatic hydroxyl groups excluding tert-OH is 1. The van der Waals surface area contributed by atoms with E-state index in [-0.39, 0.29) is 11.8 Å². The summed E-state index contributed by atoms with van der Waals surface area (Å²) in [4.78, 5) is 0. The highest BCUT2D eigenvalue weighted by Gasteiger charge is 2.15. The van der Waals surface area contributed by atoms with Gasteiger partial charge in [-0.2, -0.15) is 0 Å². The molecule has 0 unspecified atom stereocenters. The fourth-order valence-electron chi connectivity index (χ4n) is 1.48. The molecule has 0 amide bonds. The number of aliphatic hydroxyl groups is 1. The van der Waals surface area contributed by atoms with E-state index in [0.717, 1.165) is 17.5 Å². The Bertz CT molecular complexity index is 310. The summed E-state index contributed by atoms with van der Waals surface area (Å²) in [5, 5.41) is 18.7. The lowest BCUT2D eigenvalue weighted by molar-refractivity contribution is 0.164. The Hall–Kier alpha value is -1.06. The van der Waals surface area contributed by atoms with Gasteiger partial charge in [-0.25, -0.2) is 0 Å². The molecule has 0 radical (unpaired) electrons. The Kier molecular flexibility index (Phi) is 3.49. The molecule has 78 valence electrons. The number of phenols is 1. The fourth-order valence-corrected chi connectivity index (χ4v) is 1.48. The third kappa shape index (κ3) is 2.25. The average molecular weight is 195 g/mol. The summed E-state index contributed by atoms with van der Waals surface area (Å²) in [5.41, 5.74) is 7.72. The van der Waals surface area contributed by atoms with Crippen LogP contribution in [0.1, 0.15) is 31.0 Å². The van der Waals surface area contributed by atoms with Gasteiger partial charge in [0.05, 0.1) is 12.1 Å². The highest BCUT2D eigenvalue weighted by atomic mass is 16.3. The van der Waals surface area contributed by atoms with Gasteiger partial charge in [-0.05, 0) is 36.6 Å². The third-order valence-corrected chi connectivity index (χ3v) is 2.39. The van der Waals surface area contributed by atoms with Crippen LogP contribution in [0.2, 0.25) is 0 Å². The van der Waals surface area contributed by atoms with Gasteiger partial charge in [0, 0.05) is 0 Å². The van der Waals surface area contributed by atoms with Gasteiger partial charge in [-0.15, -0.1) is 0 Å². The maximum absolute atomic E-state index is 9.38. The molecular weight excluding hydrogens is 178 g/mol. The molecule has 0 aliphatic carbocycles. The minimum atomic E-state index is -0.579. The van der Waals surface area contributed by atoms with Gasteiger partial charge in [0.1, 0.15) is 5.75 Å². The molecule has 14 heavy (non-hydrogen) atoms. The molecule has 0 aliphatic rings. The lowest BCUT2D eigenvalue weighted by atomic mass is 9.96. The van der Waals surface area contributed by atoms with Crippen molar-refractivity contribution in [2.75, 3.05) is 0 Å². The fraction of sp³-hybridized carbons (Fsp3) is 0.455. The first-order chi connectivity index (χ1) is 6.56. The summed E-state index contributed by atoms with van der Waals surface area (Å²) in [6, 6.07) is 4.67. The van der Waals surface area contributed by atoms with Crippen LogP contribution >= 0.6 is 0 Å². The SMILES string of the molecule is CCc1cc(O)ccc1[C@H](N)[C@H](C)O. The van der Waals surface area contributed by atoms with E-state index < -0.39 is 6.10 Å². The van der Waals surface area contributed by atoms with Crippen molar-refractivity contribution in [1.82, 2.24) is 0 Å². The number of nitrogens with two attached hydrogens (primary N) is 1. The predicted molar refractivity (Wildman–Crippen MR) is 56.1 cm³/mol. The number of rotatable bonds is 3. The second-order valence-corrected chi connectivity index (χ2v) is 3.50. The van der Waals surface area contributed by atoms with E-state index >= 15 is 0 Å². The van der Waals surface area contributed by atoms with Crippen molar-refractivity contribution in [2.24, 2.45) is 5.73 Å². The molecule has 3 heteroatoms. The topological polar surface area (TPSA) is 66.5 Å². The molecule has 4 N–H and O–H groups in total. The zero-order valence-electron chi connectivity index (χ0n) is 8.57. The van der Waals surface area contributed by atoms with Crippen LogP contribution < -0.4 is 5.73 Å². The first-order valence-electron chi connectivity index (χ1n) is 4.81. The Morgan fingerprint density at radius 3 is 2.57 bits per heavy atom. The molecule has 0 aromatic heterocycles. The van der Waals surface area contributed by atoms with Crippen molar-refractivity contribution in [3.05, 3.63) is 29.3 Å². The monoisotopic (exact) mass is 195 g/mol. The zero-order chi connectivity index (χ0) is 10.7. The van der Waals surface area contributed by atoms with Crippen molar-refractivity contribution in [1.29, 1.82) is 0 Å². The maximum Gasteiger partial charge on any atom is 0.115 e. The number of hydrogen-bond donors (Lipinski definition) is 3. The normalized spacial score (nSPS) is 15.1. The van der Waals surface area contributed by atoms with Crippen molar-refractivity contribution in [2.45, 2.75) is 32.4 Å². The van der Waals surface area contributed by atoms with Gasteiger partial charge in [0.2, 0.25) is 0 Å². The Morgan fingerprint density at radius 2 is 2.07 bits per heavy atom. The van der Waals surface area contributed by atoms with E-state index in [4.69, 9.17) is 5.73 Å². The molecule has 0 aliphatic heterocycles. The summed E-state index contributed by atoms with van der Waals surface area (Å²) >= 11 is 0. The van der Waals surface area contributed by atoms with Gasteiger partial charge >= 0.3 is 0 Å². The summed E-state index contributed by atoms with van der Waals surface area (Å²) in [5.74, 6) is 0.239. The summed E-state index contributed by atoms with van der Waals surface area (Å²) in [6.07, 6.45) is 0.217. The molecule has 1 aromatic carbocycles. The number of aromatic hydroxyl groups is 1. The van der Waals surface area contributed by atoms with E-state index in [1.54, 1.807) is 25.1 Å². The van der Waals surface area contributed by atoms with Gasteiger partial charge < -0.3 is 15.9 Å². The van der Waals surface area contributed by atoms with Gasteiger partial charge in [-0.3, -0.25) is 0 Å². The van der Waals surface area contributed by atoms with Crippen LogP contribution in [0.15, 0.2) is 18.2 Å². The molecule has 0 heterocycles. The molecule has 0 spiro atoms. The molecule has 1 rings (SSSR count). The van der Waals surface area contributed by atoms with E-state index in [1.807, 2.05) is 6.92 Å². The number of benzene rings is 1. The molecule has 0 bridgehead atoms. The standard InChI is InChI=1S/C11H17NO2/c1-3-8-6-9(14)4-5-10(8)11(12)7(2)13/h4-7,11,13-14H,3,12H2,1-2H3/t7-,11+/m0/s1. The first kappa shape index (κ1) is 11.0. The molecule has 1 aromatic rings. The summed E-state index contributed by atoms with van der Waals surface area (Å²) in [7, 11) is 0. The minimum absolute atomic E-state index is 0.239. The van der Waals surface area contributed by atoms with Crippen LogP contribution in [0.5, 0.6) is 5.75 Å². The quantitative estimate of drug-likeness (QED) is 0.681. The predicted octanol–water partition coefficient (Wildman–Crippen LogP) is 1.34. The number of hydrogen-bond acceptors (Lipinski definition) is 3. The number of phenolic OH excluding ortho intramolecular Hbond substituents is 1. The second-order valence-electron chi connectivity index (χ2n) is 3.50. The molecule has 0 saturated heterocycles. The Morgan fingerprint density at radius 1 is 1.43 bits per heavy atom. The molecule has 2 atom stereocenters. The lowest BCUT2D eigenvalue weighted by Gasteiger charge is -2.18. The van der Waals surface area contributed by atoms with Crippen LogP contribution in [-0.2, 0) is 6.42 Å². The third-order valence-electron chi connectivity index (χ3n) is 2.39. The minimum Gasteiger partial charge on any atom is -0.508 e. The lowest BCUT2D eigenvalue weighted by Crippen LogP contribution is -2.24. The van der Waals surface area contributed by atoms with Crippen LogP contribution in [0.25, 0.3) is 0 Å². The Balaban J connectivity index is 3.07. The van der Waals surface area contributed by atoms with Gasteiger partial charge in [-0.1, -0.05) is 13.0 Å². The first-order valence-corrected chi connectivity index (χ1v) is 4.81. The smallest absolute Gasteiger partial charge is 0.115 e. The average Bonchev–Trinajstić information content (AvgIpc) is 2.16. The second kappa shape index (κ2) is 4.44. The molecule has 3 nitrogen and oxygen atoms in total. The largest absolute Gasteiger partial charge is 0.508 e.